The van der Waals surface area contributed by atoms with E-state index in [1.54, 1.807) is 18.2 Å². The van der Waals surface area contributed by atoms with Gasteiger partial charge < -0.3 is 9.84 Å². The molecule has 0 radical (unpaired) electrons. The number of rotatable bonds is 4. The lowest BCUT2D eigenvalue weighted by molar-refractivity contribution is -0.158. The average molecular weight is 295 g/mol. The number of halogens is 2. The molecule has 0 aliphatic heterocycles. The van der Waals surface area contributed by atoms with E-state index in [9.17, 15) is 9.90 Å². The monoisotopic (exact) mass is 294 g/mol. The average Bonchev–Trinajstić information content (AvgIpc) is 2.29. The fourth-order valence-corrected chi connectivity index (χ4v) is 2.57. The van der Waals surface area contributed by atoms with Crippen LogP contribution in [0.1, 0.15) is 6.92 Å². The van der Waals surface area contributed by atoms with Crippen LogP contribution in [0.4, 0.5) is 0 Å². The number of benzene rings is 1. The molecule has 0 aliphatic rings. The van der Waals surface area contributed by atoms with Crippen molar-refractivity contribution in [3.63, 3.8) is 0 Å². The van der Waals surface area contributed by atoms with Crippen LogP contribution >= 0.6 is 35.0 Å². The number of carbonyl (C=O) groups is 1. The molecule has 0 saturated carbocycles. The van der Waals surface area contributed by atoms with E-state index in [4.69, 9.17) is 23.2 Å². The van der Waals surface area contributed by atoms with Crippen LogP contribution in [0.5, 0.6) is 0 Å². The number of aliphatic hydroxyl groups is 1. The zero-order valence-corrected chi connectivity index (χ0v) is 11.7. The first-order chi connectivity index (χ1) is 7.86. The maximum atomic E-state index is 11.3. The molecule has 0 spiro atoms. The van der Waals surface area contributed by atoms with Gasteiger partial charge in [0.1, 0.15) is 0 Å². The molecule has 0 aromatic heterocycles. The lowest BCUT2D eigenvalue weighted by Crippen LogP contribution is -2.38. The van der Waals surface area contributed by atoms with Crippen LogP contribution in [0.25, 0.3) is 0 Å². The fraction of sp³-hybridized carbons (Fsp3) is 0.364. The largest absolute Gasteiger partial charge is 0.467 e. The van der Waals surface area contributed by atoms with Gasteiger partial charge in [0, 0.05) is 15.7 Å². The Balaban J connectivity index is 2.73. The van der Waals surface area contributed by atoms with Crippen LogP contribution in [0.15, 0.2) is 23.1 Å². The lowest BCUT2D eigenvalue weighted by atomic mass is 10.1. The van der Waals surface area contributed by atoms with Gasteiger partial charge in [0.25, 0.3) is 0 Å². The van der Waals surface area contributed by atoms with Gasteiger partial charge in [-0.25, -0.2) is 4.79 Å². The van der Waals surface area contributed by atoms with Gasteiger partial charge in [0.05, 0.1) is 12.1 Å². The summed E-state index contributed by atoms with van der Waals surface area (Å²) in [7, 11) is 1.23. The van der Waals surface area contributed by atoms with Crippen LogP contribution in [0, 0.1) is 0 Å². The standard InChI is InChI=1S/C11H12Cl2O3S/c1-11(15,10(14)16-2)6-17-9-5-7(12)3-4-8(9)13/h3-5,15H,6H2,1-2H3. The van der Waals surface area contributed by atoms with E-state index in [1.165, 1.54) is 25.8 Å². The number of methoxy groups -OCH3 is 1. The summed E-state index contributed by atoms with van der Waals surface area (Å²) >= 11 is 13.0. The van der Waals surface area contributed by atoms with Crippen molar-refractivity contribution in [1.29, 1.82) is 0 Å². The molecule has 1 rings (SSSR count). The first-order valence-electron chi connectivity index (χ1n) is 4.75. The van der Waals surface area contributed by atoms with Crippen molar-refractivity contribution < 1.29 is 14.6 Å². The third-order valence-electron chi connectivity index (χ3n) is 2.03. The molecule has 1 aromatic carbocycles. The van der Waals surface area contributed by atoms with E-state index in [1.807, 2.05) is 0 Å². The molecular formula is C11H12Cl2O3S. The Morgan fingerprint density at radius 2 is 2.18 bits per heavy atom. The maximum Gasteiger partial charge on any atom is 0.338 e. The first kappa shape index (κ1) is 14.6. The van der Waals surface area contributed by atoms with Gasteiger partial charge in [-0.15, -0.1) is 11.8 Å². The second kappa shape index (κ2) is 5.96. The van der Waals surface area contributed by atoms with Crippen molar-refractivity contribution in [2.75, 3.05) is 12.9 Å². The zero-order chi connectivity index (χ0) is 13.1. The van der Waals surface area contributed by atoms with Gasteiger partial charge in [-0.3, -0.25) is 0 Å². The van der Waals surface area contributed by atoms with Crippen LogP contribution in [0.3, 0.4) is 0 Å². The Morgan fingerprint density at radius 3 is 2.76 bits per heavy atom. The molecule has 0 aliphatic carbocycles. The number of carbonyl (C=O) groups excluding carboxylic acids is 1. The van der Waals surface area contributed by atoms with E-state index >= 15 is 0 Å². The van der Waals surface area contributed by atoms with E-state index in [-0.39, 0.29) is 5.75 Å². The summed E-state index contributed by atoms with van der Waals surface area (Å²) in [5.74, 6) is -0.539. The minimum atomic E-state index is -1.55. The predicted octanol–water partition coefficient (Wildman–Crippen LogP) is 3.01. The van der Waals surface area contributed by atoms with Crippen molar-refractivity contribution in [3.8, 4) is 0 Å². The minimum absolute atomic E-state index is 0.139. The first-order valence-corrected chi connectivity index (χ1v) is 6.49. The second-order valence-electron chi connectivity index (χ2n) is 3.63. The molecule has 0 bridgehead atoms. The Labute approximate surface area is 114 Å². The van der Waals surface area contributed by atoms with Gasteiger partial charge in [0.2, 0.25) is 0 Å². The highest BCUT2D eigenvalue weighted by Crippen LogP contribution is 2.32. The minimum Gasteiger partial charge on any atom is -0.467 e. The van der Waals surface area contributed by atoms with Crippen molar-refractivity contribution in [3.05, 3.63) is 28.2 Å². The second-order valence-corrected chi connectivity index (χ2v) is 5.49. The van der Waals surface area contributed by atoms with Gasteiger partial charge in [-0.1, -0.05) is 23.2 Å². The summed E-state index contributed by atoms with van der Waals surface area (Å²) in [6, 6.07) is 5.02. The number of ether oxygens (including phenoxy) is 1. The molecular weight excluding hydrogens is 283 g/mol. The number of thioether (sulfide) groups is 1. The quantitative estimate of drug-likeness (QED) is 0.685. The van der Waals surface area contributed by atoms with Crippen LogP contribution in [-0.4, -0.2) is 29.5 Å². The van der Waals surface area contributed by atoms with E-state index in [0.717, 1.165) is 0 Å². The Morgan fingerprint density at radius 1 is 1.53 bits per heavy atom. The topological polar surface area (TPSA) is 46.5 Å². The maximum absolute atomic E-state index is 11.3. The highest BCUT2D eigenvalue weighted by atomic mass is 35.5. The van der Waals surface area contributed by atoms with Crippen LogP contribution in [0.2, 0.25) is 10.0 Å². The molecule has 94 valence electrons. The summed E-state index contributed by atoms with van der Waals surface area (Å²) in [5, 5.41) is 10.9. The molecule has 0 heterocycles. The number of hydrogen-bond acceptors (Lipinski definition) is 4. The molecule has 0 fully saturated rings. The fourth-order valence-electron chi connectivity index (χ4n) is 1.08. The van der Waals surface area contributed by atoms with Crippen molar-refractivity contribution in [1.82, 2.24) is 0 Å². The highest BCUT2D eigenvalue weighted by molar-refractivity contribution is 7.99. The lowest BCUT2D eigenvalue weighted by Gasteiger charge is -2.19. The Kier molecular flexibility index (Phi) is 5.13. The molecule has 3 nitrogen and oxygen atoms in total. The third-order valence-corrected chi connectivity index (χ3v) is 4.06. The molecule has 17 heavy (non-hydrogen) atoms. The molecule has 1 aromatic rings. The SMILES string of the molecule is COC(=O)C(C)(O)CSc1cc(Cl)ccc1Cl. The Bertz CT molecular complexity index is 421. The summed E-state index contributed by atoms with van der Waals surface area (Å²) in [6.07, 6.45) is 0. The third kappa shape index (κ3) is 4.07. The van der Waals surface area contributed by atoms with Gasteiger partial charge in [-0.05, 0) is 25.1 Å². The Hall–Kier alpha value is -0.420. The van der Waals surface area contributed by atoms with Gasteiger partial charge in [0.15, 0.2) is 5.60 Å². The summed E-state index contributed by atoms with van der Waals surface area (Å²) < 4.78 is 4.50. The zero-order valence-electron chi connectivity index (χ0n) is 9.37. The summed E-state index contributed by atoms with van der Waals surface area (Å²) in [4.78, 5) is 12.0. The van der Waals surface area contributed by atoms with E-state index in [2.05, 4.69) is 4.74 Å². The van der Waals surface area contributed by atoms with E-state index in [0.29, 0.717) is 14.9 Å². The number of esters is 1. The van der Waals surface area contributed by atoms with Crippen molar-refractivity contribution in [2.24, 2.45) is 0 Å². The molecule has 1 N–H and O–H groups in total. The van der Waals surface area contributed by atoms with Gasteiger partial charge in [-0.2, -0.15) is 0 Å². The molecule has 0 amide bonds. The smallest absolute Gasteiger partial charge is 0.338 e. The molecule has 0 saturated heterocycles. The molecule has 6 heteroatoms. The normalized spacial score (nSPS) is 14.2. The van der Waals surface area contributed by atoms with Crippen LogP contribution in [-0.2, 0) is 9.53 Å². The van der Waals surface area contributed by atoms with Crippen molar-refractivity contribution >= 4 is 40.9 Å². The number of hydrogen-bond donors (Lipinski definition) is 1. The van der Waals surface area contributed by atoms with Crippen molar-refractivity contribution in [2.45, 2.75) is 17.4 Å². The van der Waals surface area contributed by atoms with E-state index < -0.39 is 11.6 Å². The molecule has 1 atom stereocenters. The summed E-state index contributed by atoms with van der Waals surface area (Å²) in [5.41, 5.74) is -1.55. The predicted molar refractivity (Wildman–Crippen MR) is 69.8 cm³/mol. The highest BCUT2D eigenvalue weighted by Gasteiger charge is 2.31. The van der Waals surface area contributed by atoms with Crippen LogP contribution < -0.4 is 0 Å². The molecule has 1 unspecified atom stereocenters. The summed E-state index contributed by atoms with van der Waals surface area (Å²) in [6.45, 7) is 1.39. The van der Waals surface area contributed by atoms with Gasteiger partial charge >= 0.3 is 5.97 Å².